The van der Waals surface area contributed by atoms with Gasteiger partial charge in [-0.2, -0.15) is 0 Å². The Balaban J connectivity index is 2.19. The third-order valence-corrected chi connectivity index (χ3v) is 3.45. The van der Waals surface area contributed by atoms with Gasteiger partial charge >= 0.3 is 0 Å². The van der Waals surface area contributed by atoms with Crippen molar-refractivity contribution in [2.45, 2.75) is 0 Å². The van der Waals surface area contributed by atoms with E-state index in [1.54, 1.807) is 6.66 Å². The maximum Gasteiger partial charge on any atom is 0.220 e. The summed E-state index contributed by atoms with van der Waals surface area (Å²) < 4.78 is 12.2. The number of rotatable bonds is 0. The number of hydrogen-bond acceptors (Lipinski definition) is 1. The zero-order valence-electron chi connectivity index (χ0n) is 10.6. The summed E-state index contributed by atoms with van der Waals surface area (Å²) in [6.07, 6.45) is 0. The molecule has 0 amide bonds. The lowest BCUT2D eigenvalue weighted by atomic mass is 10.2. The summed E-state index contributed by atoms with van der Waals surface area (Å²) in [5.74, 6) is 5.81. The van der Waals surface area contributed by atoms with E-state index in [-0.39, 0.29) is 0 Å². The van der Waals surface area contributed by atoms with Crippen LogP contribution in [0, 0.1) is 23.2 Å². The summed E-state index contributed by atoms with van der Waals surface area (Å²) in [7, 11) is -2.75. The molecule has 0 aliphatic rings. The Morgan fingerprint density at radius 2 is 1.11 bits per heavy atom. The van der Waals surface area contributed by atoms with Gasteiger partial charge in [0.15, 0.2) is 0 Å². The number of benzene rings is 2. The van der Waals surface area contributed by atoms with E-state index in [9.17, 15) is 4.57 Å². The minimum absolute atomic E-state index is 0.853. The van der Waals surface area contributed by atoms with Crippen LogP contribution in [-0.4, -0.2) is 6.66 Å². The normalized spacial score (nSPS) is 9.74. The van der Waals surface area contributed by atoms with Crippen LogP contribution in [0.1, 0.15) is 11.1 Å². The lowest BCUT2D eigenvalue weighted by molar-refractivity contribution is 0.591. The van der Waals surface area contributed by atoms with Crippen molar-refractivity contribution in [3.63, 3.8) is 0 Å². The Morgan fingerprint density at radius 1 is 0.737 bits per heavy atom. The fourth-order valence-corrected chi connectivity index (χ4v) is 2.15. The van der Waals surface area contributed by atoms with E-state index < -0.39 is 7.14 Å². The van der Waals surface area contributed by atoms with Gasteiger partial charge in [-0.25, -0.2) is 0 Å². The smallest absolute Gasteiger partial charge is 0.220 e. The number of hydrogen-bond donors (Lipinski definition) is 0. The predicted molar refractivity (Wildman–Crippen MR) is 80.2 cm³/mol. The first kappa shape index (κ1) is 13.2. The maximum atomic E-state index is 12.2. The summed E-state index contributed by atoms with van der Waals surface area (Å²) >= 11 is 0. The van der Waals surface area contributed by atoms with Crippen molar-refractivity contribution < 1.29 is 4.57 Å². The topological polar surface area (TPSA) is 17.1 Å². The highest BCUT2D eigenvalue weighted by atomic mass is 31.2. The lowest BCUT2D eigenvalue weighted by Gasteiger charge is -1.93. The first-order valence-electron chi connectivity index (χ1n) is 5.90. The molecule has 2 heteroatoms. The van der Waals surface area contributed by atoms with Gasteiger partial charge in [-0.3, -0.25) is 4.57 Å². The molecular formula is C17H13OP. The van der Waals surface area contributed by atoms with E-state index in [0.29, 0.717) is 0 Å². The Morgan fingerprint density at radius 3 is 1.47 bits per heavy atom. The van der Waals surface area contributed by atoms with Crippen LogP contribution in [-0.2, 0) is 4.57 Å². The SMILES string of the molecule is CP(=O)(C#Cc1ccccc1)C#Cc1ccccc1. The van der Waals surface area contributed by atoms with Gasteiger partial charge in [0, 0.05) is 17.8 Å². The monoisotopic (exact) mass is 264 g/mol. The van der Waals surface area contributed by atoms with Gasteiger partial charge in [0.1, 0.15) is 0 Å². The Hall–Kier alpha value is -2.21. The standard InChI is InChI=1S/C17H13OP/c1-19(18,14-12-16-8-4-2-5-9-16)15-13-17-10-6-3-7-11-17/h2-11H,1H3. The van der Waals surface area contributed by atoms with E-state index in [2.05, 4.69) is 23.2 Å². The van der Waals surface area contributed by atoms with Crippen molar-refractivity contribution in [2.75, 3.05) is 6.66 Å². The second-order valence-electron chi connectivity index (χ2n) is 4.13. The highest BCUT2D eigenvalue weighted by molar-refractivity contribution is 7.73. The van der Waals surface area contributed by atoms with Crippen molar-refractivity contribution in [3.8, 4) is 23.2 Å². The minimum atomic E-state index is -2.75. The van der Waals surface area contributed by atoms with Crippen LogP contribution >= 0.6 is 7.14 Å². The van der Waals surface area contributed by atoms with Crippen molar-refractivity contribution in [1.82, 2.24) is 0 Å². The molecule has 0 saturated carbocycles. The van der Waals surface area contributed by atoms with Crippen LogP contribution in [0.15, 0.2) is 60.7 Å². The van der Waals surface area contributed by atoms with Gasteiger partial charge in [0.2, 0.25) is 7.14 Å². The molecule has 19 heavy (non-hydrogen) atoms. The molecule has 0 radical (unpaired) electrons. The van der Waals surface area contributed by atoms with Crippen molar-refractivity contribution in [2.24, 2.45) is 0 Å². The Kier molecular flexibility index (Phi) is 4.25. The first-order chi connectivity index (χ1) is 9.16. The maximum absolute atomic E-state index is 12.2. The molecule has 2 aromatic carbocycles. The fourth-order valence-electron chi connectivity index (χ4n) is 1.41. The first-order valence-corrected chi connectivity index (χ1v) is 8.05. The van der Waals surface area contributed by atoms with Crippen LogP contribution in [0.3, 0.4) is 0 Å². The largest absolute Gasteiger partial charge is 0.296 e. The van der Waals surface area contributed by atoms with Crippen molar-refractivity contribution >= 4 is 7.14 Å². The molecule has 2 rings (SSSR count). The Bertz CT molecular complexity index is 648. The molecule has 0 aromatic heterocycles. The van der Waals surface area contributed by atoms with E-state index in [1.807, 2.05) is 60.7 Å². The summed E-state index contributed by atoms with van der Waals surface area (Å²) in [6.45, 7) is 1.60. The fraction of sp³-hybridized carbons (Fsp3) is 0.0588. The summed E-state index contributed by atoms with van der Waals surface area (Å²) in [6, 6.07) is 19.0. The second kappa shape index (κ2) is 6.10. The quantitative estimate of drug-likeness (QED) is 0.519. The van der Waals surface area contributed by atoms with Gasteiger partial charge in [-0.15, -0.1) is 0 Å². The van der Waals surface area contributed by atoms with Gasteiger partial charge < -0.3 is 0 Å². The molecule has 0 fully saturated rings. The molecule has 0 N–H and O–H groups in total. The van der Waals surface area contributed by atoms with Crippen molar-refractivity contribution in [1.29, 1.82) is 0 Å². The molecular weight excluding hydrogens is 251 g/mol. The van der Waals surface area contributed by atoms with E-state index in [4.69, 9.17) is 0 Å². The molecule has 0 unspecified atom stereocenters. The van der Waals surface area contributed by atoms with Gasteiger partial charge in [0.25, 0.3) is 0 Å². The molecule has 1 nitrogen and oxygen atoms in total. The second-order valence-corrected chi connectivity index (χ2v) is 6.43. The predicted octanol–water partition coefficient (Wildman–Crippen LogP) is 4.00. The molecule has 0 saturated heterocycles. The molecule has 0 atom stereocenters. The van der Waals surface area contributed by atoms with Gasteiger partial charge in [-0.05, 0) is 35.6 Å². The zero-order chi connectivity index (χ0) is 13.6. The van der Waals surface area contributed by atoms with Crippen LogP contribution in [0.5, 0.6) is 0 Å². The molecule has 0 aliphatic heterocycles. The van der Waals surface area contributed by atoms with Crippen molar-refractivity contribution in [3.05, 3.63) is 71.8 Å². The third kappa shape index (κ3) is 4.51. The average Bonchev–Trinajstić information content (AvgIpc) is 2.46. The lowest BCUT2D eigenvalue weighted by Crippen LogP contribution is -1.74. The molecule has 0 spiro atoms. The molecule has 2 aromatic rings. The van der Waals surface area contributed by atoms with Gasteiger partial charge in [-0.1, -0.05) is 48.2 Å². The highest BCUT2D eigenvalue weighted by Crippen LogP contribution is 2.37. The van der Waals surface area contributed by atoms with E-state index in [1.165, 1.54) is 0 Å². The summed E-state index contributed by atoms with van der Waals surface area (Å²) in [5.41, 5.74) is 7.26. The highest BCUT2D eigenvalue weighted by Gasteiger charge is 2.05. The third-order valence-electron chi connectivity index (χ3n) is 2.37. The van der Waals surface area contributed by atoms with Crippen LogP contribution in [0.25, 0.3) is 0 Å². The summed E-state index contributed by atoms with van der Waals surface area (Å²) in [4.78, 5) is 0. The van der Waals surface area contributed by atoms with Gasteiger partial charge in [0.05, 0.1) is 0 Å². The summed E-state index contributed by atoms with van der Waals surface area (Å²) in [5, 5.41) is 0. The molecule has 92 valence electrons. The average molecular weight is 264 g/mol. The molecule has 0 bridgehead atoms. The van der Waals surface area contributed by atoms with Crippen LogP contribution < -0.4 is 0 Å². The van der Waals surface area contributed by atoms with E-state index >= 15 is 0 Å². The van der Waals surface area contributed by atoms with Crippen LogP contribution in [0.2, 0.25) is 0 Å². The molecule has 0 aliphatic carbocycles. The Labute approximate surface area is 114 Å². The zero-order valence-corrected chi connectivity index (χ0v) is 11.5. The van der Waals surface area contributed by atoms with Crippen LogP contribution in [0.4, 0.5) is 0 Å². The molecule has 0 heterocycles. The minimum Gasteiger partial charge on any atom is -0.296 e. The van der Waals surface area contributed by atoms with E-state index in [0.717, 1.165) is 11.1 Å².